The number of benzene rings is 1. The quantitative estimate of drug-likeness (QED) is 0.791. The van der Waals surface area contributed by atoms with Crippen LogP contribution >= 0.6 is 22.9 Å². The Morgan fingerprint density at radius 3 is 2.80 bits per heavy atom. The van der Waals surface area contributed by atoms with Crippen molar-refractivity contribution in [2.24, 2.45) is 0 Å². The molecule has 1 saturated heterocycles. The average molecular weight is 399 g/mol. The minimum absolute atomic E-state index is 0.0472. The van der Waals surface area contributed by atoms with E-state index in [0.717, 1.165) is 10.6 Å². The molecule has 0 spiro atoms. The first-order valence-electron chi connectivity index (χ1n) is 8.05. The topological polar surface area (TPSA) is 67.3 Å². The summed E-state index contributed by atoms with van der Waals surface area (Å²) in [6.45, 7) is 4.15. The number of hydrogen-bond donors (Lipinski definition) is 0. The lowest BCUT2D eigenvalue weighted by Gasteiger charge is -2.26. The molecule has 0 N–H and O–H groups in total. The van der Waals surface area contributed by atoms with E-state index in [1.807, 2.05) is 25.1 Å². The molecule has 8 heteroatoms. The highest BCUT2D eigenvalue weighted by atomic mass is 35.5. The van der Waals surface area contributed by atoms with Crippen molar-refractivity contribution in [3.63, 3.8) is 0 Å². The van der Waals surface area contributed by atoms with Gasteiger partial charge in [-0.2, -0.15) is 0 Å². The number of halogens is 1. The maximum Gasteiger partial charge on any atom is 0.266 e. The van der Waals surface area contributed by atoms with Gasteiger partial charge in [0.1, 0.15) is 9.88 Å². The van der Waals surface area contributed by atoms with Crippen molar-refractivity contribution in [2.75, 3.05) is 18.1 Å². The maximum absolute atomic E-state index is 13.0. The molecule has 5 nitrogen and oxygen atoms in total. The average Bonchev–Trinajstić information content (AvgIpc) is 3.11. The van der Waals surface area contributed by atoms with Gasteiger partial charge in [0.05, 0.1) is 17.2 Å². The Morgan fingerprint density at radius 2 is 2.20 bits per heavy atom. The molecule has 134 valence electrons. The molecule has 25 heavy (non-hydrogen) atoms. The van der Waals surface area contributed by atoms with E-state index < -0.39 is 9.84 Å². The van der Waals surface area contributed by atoms with Crippen LogP contribution in [-0.4, -0.2) is 48.3 Å². The van der Waals surface area contributed by atoms with E-state index in [1.165, 1.54) is 11.3 Å². The lowest BCUT2D eigenvalue weighted by Crippen LogP contribution is -2.40. The summed E-state index contributed by atoms with van der Waals surface area (Å²) >= 11 is 7.36. The van der Waals surface area contributed by atoms with Crippen molar-refractivity contribution in [3.05, 3.63) is 39.9 Å². The highest BCUT2D eigenvalue weighted by Crippen LogP contribution is 2.31. The number of hydrogen-bond acceptors (Lipinski definition) is 5. The number of aromatic nitrogens is 1. The number of amides is 1. The number of nitrogens with zero attached hydrogens (tertiary/aromatic N) is 2. The van der Waals surface area contributed by atoms with E-state index in [-0.39, 0.29) is 23.5 Å². The smallest absolute Gasteiger partial charge is 0.266 e. The van der Waals surface area contributed by atoms with Crippen LogP contribution in [0, 0.1) is 6.92 Å². The van der Waals surface area contributed by atoms with E-state index in [2.05, 4.69) is 4.98 Å². The molecule has 1 atom stereocenters. The molecule has 2 heterocycles. The summed E-state index contributed by atoms with van der Waals surface area (Å²) in [5.41, 5.74) is 1.52. The summed E-state index contributed by atoms with van der Waals surface area (Å²) < 4.78 is 23.5. The van der Waals surface area contributed by atoms with E-state index >= 15 is 0 Å². The molecule has 3 rings (SSSR count). The first kappa shape index (κ1) is 18.4. The normalized spacial score (nSPS) is 19.1. The van der Waals surface area contributed by atoms with Crippen molar-refractivity contribution >= 4 is 38.7 Å². The summed E-state index contributed by atoms with van der Waals surface area (Å²) in [5.74, 6) is 0.0514. The van der Waals surface area contributed by atoms with E-state index in [9.17, 15) is 13.2 Å². The predicted molar refractivity (Wildman–Crippen MR) is 101 cm³/mol. The zero-order valence-electron chi connectivity index (χ0n) is 14.0. The standard InChI is InChI=1S/C17H19ClN2O3S2/c1-3-20(14-7-8-25(22,23)10-14)17(21)15-11(2)19-16(24-15)12-5-4-6-13(18)9-12/h4-6,9,14H,3,7-8,10H2,1-2H3. The van der Waals surface area contributed by atoms with Crippen LogP contribution in [0.2, 0.25) is 5.02 Å². The summed E-state index contributed by atoms with van der Waals surface area (Å²) in [7, 11) is -3.04. The van der Waals surface area contributed by atoms with Crippen molar-refractivity contribution in [1.29, 1.82) is 0 Å². The van der Waals surface area contributed by atoms with Crippen molar-refractivity contribution in [1.82, 2.24) is 9.88 Å². The predicted octanol–water partition coefficient (Wildman–Crippen LogP) is 3.42. The van der Waals surface area contributed by atoms with Gasteiger partial charge in [-0.05, 0) is 32.4 Å². The monoisotopic (exact) mass is 398 g/mol. The Balaban J connectivity index is 1.89. The third-order valence-electron chi connectivity index (χ3n) is 4.31. The van der Waals surface area contributed by atoms with Crippen LogP contribution in [0.25, 0.3) is 10.6 Å². The van der Waals surface area contributed by atoms with E-state index in [0.29, 0.717) is 28.6 Å². The van der Waals surface area contributed by atoms with Gasteiger partial charge in [-0.15, -0.1) is 11.3 Å². The van der Waals surface area contributed by atoms with Gasteiger partial charge in [-0.1, -0.05) is 23.7 Å². The third-order valence-corrected chi connectivity index (χ3v) is 7.49. The fourth-order valence-corrected chi connectivity index (χ4v) is 6.00. The lowest BCUT2D eigenvalue weighted by atomic mass is 10.2. The van der Waals surface area contributed by atoms with E-state index in [4.69, 9.17) is 11.6 Å². The highest BCUT2D eigenvalue weighted by molar-refractivity contribution is 7.91. The Bertz CT molecular complexity index is 908. The second kappa shape index (κ2) is 7.05. The van der Waals surface area contributed by atoms with Gasteiger partial charge in [0.2, 0.25) is 0 Å². The van der Waals surface area contributed by atoms with Gasteiger partial charge in [-0.3, -0.25) is 4.79 Å². The molecule has 1 aromatic carbocycles. The molecule has 0 bridgehead atoms. The molecule has 0 saturated carbocycles. The number of carbonyl (C=O) groups excluding carboxylic acids is 1. The van der Waals surface area contributed by atoms with Crippen molar-refractivity contribution in [2.45, 2.75) is 26.3 Å². The Kier molecular flexibility index (Phi) is 5.18. The number of rotatable bonds is 4. The fourth-order valence-electron chi connectivity index (χ4n) is 3.06. The molecule has 0 radical (unpaired) electrons. The molecule has 1 amide bonds. The number of aryl methyl sites for hydroxylation is 1. The number of carbonyl (C=O) groups is 1. The zero-order valence-corrected chi connectivity index (χ0v) is 16.4. The molecule has 1 aliphatic rings. The van der Waals surface area contributed by atoms with Crippen LogP contribution in [0.15, 0.2) is 24.3 Å². The molecular formula is C17H19ClN2O3S2. The summed E-state index contributed by atoms with van der Waals surface area (Å²) in [6.07, 6.45) is 0.501. The van der Waals surface area contributed by atoms with Crippen molar-refractivity contribution < 1.29 is 13.2 Å². The molecular weight excluding hydrogens is 380 g/mol. The van der Waals surface area contributed by atoms with E-state index in [1.54, 1.807) is 17.9 Å². The summed E-state index contributed by atoms with van der Waals surface area (Å²) in [4.78, 5) is 19.7. The van der Waals surface area contributed by atoms with Crippen LogP contribution < -0.4 is 0 Å². The Hall–Kier alpha value is -1.44. The second-order valence-electron chi connectivity index (χ2n) is 6.09. The third kappa shape index (κ3) is 3.88. The molecule has 1 fully saturated rings. The Morgan fingerprint density at radius 1 is 1.44 bits per heavy atom. The number of thiazole rings is 1. The van der Waals surface area contributed by atoms with Gasteiger partial charge in [0, 0.05) is 23.2 Å². The first-order valence-corrected chi connectivity index (χ1v) is 11.1. The molecule has 1 aromatic heterocycles. The molecule has 1 aliphatic heterocycles. The van der Waals surface area contributed by atoms with Crippen molar-refractivity contribution in [3.8, 4) is 10.6 Å². The SMILES string of the molecule is CCN(C(=O)c1sc(-c2cccc(Cl)c2)nc1C)C1CCS(=O)(=O)C1. The van der Waals surface area contributed by atoms with Gasteiger partial charge < -0.3 is 4.90 Å². The molecule has 1 unspecified atom stereocenters. The van der Waals surface area contributed by atoms with Crippen LogP contribution in [0.1, 0.15) is 28.7 Å². The van der Waals surface area contributed by atoms with Crippen LogP contribution in [0.5, 0.6) is 0 Å². The molecule has 2 aromatic rings. The lowest BCUT2D eigenvalue weighted by molar-refractivity contribution is 0.0712. The zero-order chi connectivity index (χ0) is 18.2. The minimum Gasteiger partial charge on any atom is -0.334 e. The van der Waals surface area contributed by atoms with Crippen LogP contribution in [0.3, 0.4) is 0 Å². The van der Waals surface area contributed by atoms with Gasteiger partial charge in [0.15, 0.2) is 9.84 Å². The summed E-state index contributed by atoms with van der Waals surface area (Å²) in [6, 6.07) is 7.10. The first-order chi connectivity index (χ1) is 11.8. The van der Waals surface area contributed by atoms with Gasteiger partial charge in [-0.25, -0.2) is 13.4 Å². The largest absolute Gasteiger partial charge is 0.334 e. The van der Waals surface area contributed by atoms with Crippen LogP contribution in [-0.2, 0) is 9.84 Å². The fraction of sp³-hybridized carbons (Fsp3) is 0.412. The van der Waals surface area contributed by atoms with Gasteiger partial charge in [0.25, 0.3) is 5.91 Å². The summed E-state index contributed by atoms with van der Waals surface area (Å²) in [5, 5.41) is 1.35. The minimum atomic E-state index is -3.04. The highest BCUT2D eigenvalue weighted by Gasteiger charge is 2.35. The Labute approximate surface area is 156 Å². The molecule has 0 aliphatic carbocycles. The van der Waals surface area contributed by atoms with Gasteiger partial charge >= 0.3 is 0 Å². The van der Waals surface area contributed by atoms with Crippen LogP contribution in [0.4, 0.5) is 0 Å². The maximum atomic E-state index is 13.0. The second-order valence-corrected chi connectivity index (χ2v) is 9.76. The number of sulfone groups is 1.